The molecule has 7 nitrogen and oxygen atoms in total. The highest BCUT2D eigenvalue weighted by Crippen LogP contribution is 2.01. The van der Waals surface area contributed by atoms with Crippen molar-refractivity contribution in [3.63, 3.8) is 0 Å². The van der Waals surface area contributed by atoms with Crippen molar-refractivity contribution < 1.29 is 24.0 Å². The Hall–Kier alpha value is -2.18. The average Bonchev–Trinajstić information content (AvgIpc) is 2.72. The first kappa shape index (κ1) is 13.9. The van der Waals surface area contributed by atoms with Gasteiger partial charge in [0, 0.05) is 18.9 Å². The van der Waals surface area contributed by atoms with Crippen LogP contribution in [0.15, 0.2) is 10.6 Å². The number of aryl methyl sites for hydroxylation is 1. The van der Waals surface area contributed by atoms with Gasteiger partial charge in [-0.2, -0.15) is 0 Å². The summed E-state index contributed by atoms with van der Waals surface area (Å²) in [6.07, 6.45) is 0.347. The number of carboxylic acid groups (broad SMARTS) is 1. The summed E-state index contributed by atoms with van der Waals surface area (Å²) in [6.45, 7) is 1.52. The Labute approximate surface area is 103 Å². The number of aliphatic carboxylic acids is 1. The van der Waals surface area contributed by atoms with Crippen LogP contribution in [-0.2, 0) is 9.59 Å². The number of carboxylic acids is 1. The SMILES string of the molecule is Cc1cc(C(=O)NCC(=O)CCCC(=O)O)no1. The maximum Gasteiger partial charge on any atom is 0.303 e. The predicted molar refractivity (Wildman–Crippen MR) is 60.1 cm³/mol. The summed E-state index contributed by atoms with van der Waals surface area (Å²) < 4.78 is 4.72. The van der Waals surface area contributed by atoms with E-state index in [9.17, 15) is 14.4 Å². The predicted octanol–water partition coefficient (Wildman–Crippen LogP) is 0.537. The Kier molecular flexibility index (Phi) is 5.04. The van der Waals surface area contributed by atoms with Gasteiger partial charge in [0.2, 0.25) is 0 Å². The molecule has 7 heteroatoms. The van der Waals surface area contributed by atoms with E-state index in [2.05, 4.69) is 10.5 Å². The molecule has 1 rings (SSSR count). The number of aromatic nitrogens is 1. The smallest absolute Gasteiger partial charge is 0.303 e. The fraction of sp³-hybridized carbons (Fsp3) is 0.455. The first-order valence-electron chi connectivity index (χ1n) is 5.44. The van der Waals surface area contributed by atoms with Gasteiger partial charge in [0.15, 0.2) is 11.5 Å². The zero-order chi connectivity index (χ0) is 13.5. The van der Waals surface area contributed by atoms with Crippen LogP contribution < -0.4 is 5.32 Å². The van der Waals surface area contributed by atoms with Crippen LogP contribution in [-0.4, -0.2) is 34.5 Å². The summed E-state index contributed by atoms with van der Waals surface area (Å²) in [6, 6.07) is 1.46. The fourth-order valence-corrected chi connectivity index (χ4v) is 1.27. The number of carbonyl (C=O) groups excluding carboxylic acids is 2. The van der Waals surface area contributed by atoms with Crippen LogP contribution in [0.4, 0.5) is 0 Å². The van der Waals surface area contributed by atoms with Gasteiger partial charge in [-0.3, -0.25) is 14.4 Å². The molecule has 2 N–H and O–H groups in total. The molecule has 0 bridgehead atoms. The molecular weight excluding hydrogens is 240 g/mol. The van der Waals surface area contributed by atoms with E-state index in [1.807, 2.05) is 0 Å². The van der Waals surface area contributed by atoms with Crippen LogP contribution in [0.2, 0.25) is 0 Å². The molecule has 0 atom stereocenters. The number of Topliss-reactive ketones (excluding diaryl/α,β-unsaturated/α-hetero) is 1. The average molecular weight is 254 g/mol. The van der Waals surface area contributed by atoms with Gasteiger partial charge < -0.3 is 14.9 Å². The maximum atomic E-state index is 11.5. The lowest BCUT2D eigenvalue weighted by atomic mass is 10.2. The second-order valence-corrected chi connectivity index (χ2v) is 3.79. The van der Waals surface area contributed by atoms with E-state index in [-0.39, 0.29) is 37.3 Å². The van der Waals surface area contributed by atoms with Crippen molar-refractivity contribution in [3.05, 3.63) is 17.5 Å². The molecule has 98 valence electrons. The van der Waals surface area contributed by atoms with Crippen LogP contribution in [0, 0.1) is 6.92 Å². The van der Waals surface area contributed by atoms with Crippen LogP contribution in [0.5, 0.6) is 0 Å². The molecule has 1 aromatic rings. The summed E-state index contributed by atoms with van der Waals surface area (Å²) in [5, 5.41) is 14.3. The first-order valence-corrected chi connectivity index (χ1v) is 5.44. The van der Waals surface area contributed by atoms with Crippen molar-refractivity contribution in [2.75, 3.05) is 6.54 Å². The normalized spacial score (nSPS) is 10.1. The Bertz CT molecular complexity index is 452. The minimum Gasteiger partial charge on any atom is -0.481 e. The van der Waals surface area contributed by atoms with E-state index in [0.29, 0.717) is 5.76 Å². The number of nitrogens with one attached hydrogen (secondary N) is 1. The van der Waals surface area contributed by atoms with Crippen LogP contribution >= 0.6 is 0 Å². The lowest BCUT2D eigenvalue weighted by Crippen LogP contribution is -2.29. The molecule has 0 saturated heterocycles. The van der Waals surface area contributed by atoms with Gasteiger partial charge in [-0.05, 0) is 13.3 Å². The zero-order valence-corrected chi connectivity index (χ0v) is 9.93. The molecule has 0 spiro atoms. The Balaban J connectivity index is 2.26. The van der Waals surface area contributed by atoms with Crippen molar-refractivity contribution in [1.82, 2.24) is 10.5 Å². The van der Waals surface area contributed by atoms with Gasteiger partial charge >= 0.3 is 5.97 Å². The lowest BCUT2D eigenvalue weighted by molar-refractivity contribution is -0.137. The van der Waals surface area contributed by atoms with Crippen LogP contribution in [0.3, 0.4) is 0 Å². The molecule has 0 unspecified atom stereocenters. The molecule has 1 amide bonds. The maximum absolute atomic E-state index is 11.5. The van der Waals surface area contributed by atoms with Crippen molar-refractivity contribution in [3.8, 4) is 0 Å². The second-order valence-electron chi connectivity index (χ2n) is 3.79. The second kappa shape index (κ2) is 6.53. The molecule has 1 aromatic heterocycles. The van der Waals surface area contributed by atoms with E-state index < -0.39 is 11.9 Å². The highest BCUT2D eigenvalue weighted by Gasteiger charge is 2.12. The van der Waals surface area contributed by atoms with Gasteiger partial charge in [-0.25, -0.2) is 0 Å². The van der Waals surface area contributed by atoms with Crippen LogP contribution in [0.25, 0.3) is 0 Å². The Morgan fingerprint density at radius 2 is 2.11 bits per heavy atom. The van der Waals surface area contributed by atoms with E-state index in [1.54, 1.807) is 6.92 Å². The quantitative estimate of drug-likeness (QED) is 0.734. The zero-order valence-electron chi connectivity index (χ0n) is 9.93. The number of amides is 1. The summed E-state index contributed by atoms with van der Waals surface area (Å²) in [5.74, 6) is -1.14. The number of hydrogen-bond acceptors (Lipinski definition) is 5. The molecule has 0 aliphatic carbocycles. The molecule has 0 fully saturated rings. The molecule has 0 aliphatic rings. The topological polar surface area (TPSA) is 110 Å². The van der Waals surface area contributed by atoms with E-state index in [4.69, 9.17) is 9.63 Å². The minimum atomic E-state index is -0.940. The number of carbonyl (C=O) groups is 3. The highest BCUT2D eigenvalue weighted by atomic mass is 16.5. The fourth-order valence-electron chi connectivity index (χ4n) is 1.27. The van der Waals surface area contributed by atoms with Gasteiger partial charge in [0.05, 0.1) is 6.54 Å². The van der Waals surface area contributed by atoms with Crippen molar-refractivity contribution in [2.24, 2.45) is 0 Å². The third-order valence-corrected chi connectivity index (χ3v) is 2.15. The highest BCUT2D eigenvalue weighted by molar-refractivity contribution is 5.95. The van der Waals surface area contributed by atoms with Crippen molar-refractivity contribution in [1.29, 1.82) is 0 Å². The first-order chi connectivity index (χ1) is 8.49. The van der Waals surface area contributed by atoms with Crippen molar-refractivity contribution >= 4 is 17.7 Å². The minimum absolute atomic E-state index is 0.0534. The Morgan fingerprint density at radius 3 is 2.67 bits per heavy atom. The number of hydrogen-bond donors (Lipinski definition) is 2. The standard InChI is InChI=1S/C11H14N2O5/c1-7-5-9(13-18-7)11(17)12-6-8(14)3-2-4-10(15)16/h5H,2-4,6H2,1H3,(H,12,17)(H,15,16). The number of nitrogens with zero attached hydrogens (tertiary/aromatic N) is 1. The molecular formula is C11H14N2O5. The van der Waals surface area contributed by atoms with E-state index in [0.717, 1.165) is 0 Å². The van der Waals surface area contributed by atoms with Crippen LogP contribution in [0.1, 0.15) is 35.5 Å². The summed E-state index contributed by atoms with van der Waals surface area (Å²) in [7, 11) is 0. The molecule has 1 heterocycles. The molecule has 0 aliphatic heterocycles. The largest absolute Gasteiger partial charge is 0.481 e. The van der Waals surface area contributed by atoms with Gasteiger partial charge in [0.1, 0.15) is 5.76 Å². The molecule has 0 radical (unpaired) electrons. The van der Waals surface area contributed by atoms with Gasteiger partial charge in [-0.1, -0.05) is 5.16 Å². The summed E-state index contributed by atoms with van der Waals surface area (Å²) in [5.41, 5.74) is 0.117. The third kappa shape index (κ3) is 4.77. The molecule has 0 aromatic carbocycles. The number of ketones is 1. The third-order valence-electron chi connectivity index (χ3n) is 2.15. The monoisotopic (exact) mass is 254 g/mol. The number of rotatable bonds is 7. The van der Waals surface area contributed by atoms with E-state index in [1.165, 1.54) is 6.07 Å². The van der Waals surface area contributed by atoms with Gasteiger partial charge in [-0.15, -0.1) is 0 Å². The molecule has 0 saturated carbocycles. The van der Waals surface area contributed by atoms with E-state index >= 15 is 0 Å². The van der Waals surface area contributed by atoms with Crippen molar-refractivity contribution in [2.45, 2.75) is 26.2 Å². The molecule has 18 heavy (non-hydrogen) atoms. The Morgan fingerprint density at radius 1 is 1.39 bits per heavy atom. The van der Waals surface area contributed by atoms with Gasteiger partial charge in [0.25, 0.3) is 5.91 Å². The lowest BCUT2D eigenvalue weighted by Gasteiger charge is -2.01. The summed E-state index contributed by atoms with van der Waals surface area (Å²) >= 11 is 0. The summed E-state index contributed by atoms with van der Waals surface area (Å²) in [4.78, 5) is 33.0.